The minimum Gasteiger partial charge on any atom is -0.439 e. The Morgan fingerprint density at radius 3 is 2.47 bits per heavy atom. The molecule has 2 aromatic rings. The predicted molar refractivity (Wildman–Crippen MR) is 60.7 cm³/mol. The highest BCUT2D eigenvalue weighted by Gasteiger charge is 2.31. The van der Waals surface area contributed by atoms with Gasteiger partial charge in [0.2, 0.25) is 5.88 Å². The van der Waals surface area contributed by atoms with E-state index in [4.69, 9.17) is 16.3 Å². The van der Waals surface area contributed by atoms with Crippen LogP contribution in [0.25, 0.3) is 0 Å². The SMILES string of the molecule is Fc1cccc(Oc2cc(C(F)(F)F)cc(Cl)n2)c1. The summed E-state index contributed by atoms with van der Waals surface area (Å²) in [6.45, 7) is 0. The molecule has 0 unspecified atom stereocenters. The first-order valence-corrected chi connectivity index (χ1v) is 5.40. The first-order chi connectivity index (χ1) is 8.84. The first kappa shape index (κ1) is 13.6. The molecular weight excluding hydrogens is 286 g/mol. The Kier molecular flexibility index (Phi) is 3.61. The molecule has 0 atom stereocenters. The highest BCUT2D eigenvalue weighted by atomic mass is 35.5. The van der Waals surface area contributed by atoms with Gasteiger partial charge in [-0.05, 0) is 18.2 Å². The fourth-order valence-electron chi connectivity index (χ4n) is 1.34. The summed E-state index contributed by atoms with van der Waals surface area (Å²) in [5.41, 5.74) is -0.987. The Labute approximate surface area is 110 Å². The van der Waals surface area contributed by atoms with Gasteiger partial charge < -0.3 is 4.74 Å². The molecule has 0 aliphatic carbocycles. The minimum atomic E-state index is -4.56. The van der Waals surface area contributed by atoms with Gasteiger partial charge in [-0.2, -0.15) is 13.2 Å². The van der Waals surface area contributed by atoms with E-state index >= 15 is 0 Å². The van der Waals surface area contributed by atoms with Crippen molar-refractivity contribution in [1.29, 1.82) is 0 Å². The van der Waals surface area contributed by atoms with Crippen LogP contribution in [-0.2, 0) is 6.18 Å². The molecule has 0 saturated carbocycles. The van der Waals surface area contributed by atoms with Crippen molar-refractivity contribution in [3.63, 3.8) is 0 Å². The standard InChI is InChI=1S/C12H6ClF4NO/c13-10-4-7(12(15,16)17)5-11(18-10)19-9-3-1-2-8(14)6-9/h1-6H. The van der Waals surface area contributed by atoms with E-state index in [9.17, 15) is 17.6 Å². The van der Waals surface area contributed by atoms with Crippen LogP contribution < -0.4 is 4.74 Å². The van der Waals surface area contributed by atoms with E-state index in [1.807, 2.05) is 0 Å². The lowest BCUT2D eigenvalue weighted by atomic mass is 10.2. The number of halogens is 5. The quantitative estimate of drug-likeness (QED) is 0.592. The molecule has 0 fully saturated rings. The van der Waals surface area contributed by atoms with Gasteiger partial charge in [0.05, 0.1) is 5.56 Å². The third kappa shape index (κ3) is 3.57. The van der Waals surface area contributed by atoms with E-state index in [-0.39, 0.29) is 16.8 Å². The summed E-state index contributed by atoms with van der Waals surface area (Å²) in [5, 5.41) is -0.360. The summed E-state index contributed by atoms with van der Waals surface area (Å²) in [6.07, 6.45) is -4.56. The molecule has 2 rings (SSSR count). The van der Waals surface area contributed by atoms with Crippen molar-refractivity contribution in [3.8, 4) is 11.6 Å². The van der Waals surface area contributed by atoms with Gasteiger partial charge in [0.25, 0.3) is 0 Å². The Morgan fingerprint density at radius 2 is 1.84 bits per heavy atom. The van der Waals surface area contributed by atoms with Gasteiger partial charge in [-0.1, -0.05) is 17.7 Å². The van der Waals surface area contributed by atoms with Crippen LogP contribution in [0.4, 0.5) is 17.6 Å². The average Bonchev–Trinajstić information content (AvgIpc) is 2.26. The van der Waals surface area contributed by atoms with Crippen molar-refractivity contribution in [2.45, 2.75) is 6.18 Å². The molecule has 100 valence electrons. The topological polar surface area (TPSA) is 22.1 Å². The number of benzene rings is 1. The number of hydrogen-bond acceptors (Lipinski definition) is 2. The maximum absolute atomic E-state index is 12.9. The first-order valence-electron chi connectivity index (χ1n) is 5.03. The van der Waals surface area contributed by atoms with Crippen LogP contribution in [0.3, 0.4) is 0 Å². The number of pyridine rings is 1. The van der Waals surface area contributed by atoms with Crippen molar-refractivity contribution < 1.29 is 22.3 Å². The zero-order valence-corrected chi connectivity index (χ0v) is 9.97. The van der Waals surface area contributed by atoms with Crippen LogP contribution >= 0.6 is 11.6 Å². The normalized spacial score (nSPS) is 11.4. The number of rotatable bonds is 2. The molecular formula is C12H6ClF4NO. The second kappa shape index (κ2) is 5.05. The zero-order valence-electron chi connectivity index (χ0n) is 9.21. The molecule has 2 nitrogen and oxygen atoms in total. The number of aromatic nitrogens is 1. The van der Waals surface area contributed by atoms with Crippen LogP contribution in [0.15, 0.2) is 36.4 Å². The summed E-state index contributed by atoms with van der Waals surface area (Å²) in [5.74, 6) is -0.899. The molecule has 1 aromatic heterocycles. The van der Waals surface area contributed by atoms with E-state index in [0.29, 0.717) is 12.1 Å². The van der Waals surface area contributed by atoms with Gasteiger partial charge in [-0.3, -0.25) is 0 Å². The average molecular weight is 292 g/mol. The summed E-state index contributed by atoms with van der Waals surface area (Å²) in [6, 6.07) is 6.32. The smallest absolute Gasteiger partial charge is 0.416 e. The lowest BCUT2D eigenvalue weighted by Gasteiger charge is -2.10. The van der Waals surface area contributed by atoms with E-state index in [1.165, 1.54) is 18.2 Å². The van der Waals surface area contributed by atoms with Gasteiger partial charge in [-0.25, -0.2) is 9.37 Å². The van der Waals surface area contributed by atoms with E-state index < -0.39 is 17.6 Å². The number of ether oxygens (including phenoxy) is 1. The number of hydrogen-bond donors (Lipinski definition) is 0. The fourth-order valence-corrected chi connectivity index (χ4v) is 1.54. The third-order valence-electron chi connectivity index (χ3n) is 2.12. The van der Waals surface area contributed by atoms with Crippen molar-refractivity contribution in [1.82, 2.24) is 4.98 Å². The van der Waals surface area contributed by atoms with Crippen molar-refractivity contribution in [3.05, 3.63) is 52.9 Å². The second-order valence-electron chi connectivity index (χ2n) is 3.57. The Hall–Kier alpha value is -1.82. The van der Waals surface area contributed by atoms with Crippen LogP contribution in [0.5, 0.6) is 11.6 Å². The second-order valence-corrected chi connectivity index (χ2v) is 3.96. The molecule has 0 aliphatic heterocycles. The summed E-state index contributed by atoms with van der Waals surface area (Å²) < 4.78 is 55.6. The summed E-state index contributed by atoms with van der Waals surface area (Å²) in [7, 11) is 0. The van der Waals surface area contributed by atoms with E-state index in [2.05, 4.69) is 4.98 Å². The number of nitrogens with zero attached hydrogens (tertiary/aromatic N) is 1. The Bertz CT molecular complexity index is 601. The van der Waals surface area contributed by atoms with Crippen molar-refractivity contribution in [2.24, 2.45) is 0 Å². The molecule has 0 aliphatic rings. The van der Waals surface area contributed by atoms with Gasteiger partial charge >= 0.3 is 6.18 Å². The molecule has 7 heteroatoms. The molecule has 0 saturated heterocycles. The monoisotopic (exact) mass is 291 g/mol. The summed E-state index contributed by atoms with van der Waals surface area (Å²) >= 11 is 5.49. The van der Waals surface area contributed by atoms with Gasteiger partial charge in [0, 0.05) is 12.1 Å². The third-order valence-corrected chi connectivity index (χ3v) is 2.31. The maximum atomic E-state index is 12.9. The van der Waals surface area contributed by atoms with Crippen LogP contribution in [-0.4, -0.2) is 4.98 Å². The minimum absolute atomic E-state index is 0.0305. The highest BCUT2D eigenvalue weighted by molar-refractivity contribution is 6.29. The largest absolute Gasteiger partial charge is 0.439 e. The van der Waals surface area contributed by atoms with Crippen LogP contribution in [0.2, 0.25) is 5.15 Å². The van der Waals surface area contributed by atoms with Crippen molar-refractivity contribution >= 4 is 11.6 Å². The highest BCUT2D eigenvalue weighted by Crippen LogP contribution is 2.33. The van der Waals surface area contributed by atoms with Crippen LogP contribution in [0.1, 0.15) is 5.56 Å². The molecule has 0 radical (unpaired) electrons. The van der Waals surface area contributed by atoms with Crippen molar-refractivity contribution in [2.75, 3.05) is 0 Å². The van der Waals surface area contributed by atoms with Gasteiger partial charge in [0.15, 0.2) is 0 Å². The Balaban J connectivity index is 2.33. The molecule has 0 spiro atoms. The predicted octanol–water partition coefficient (Wildman–Crippen LogP) is 4.69. The van der Waals surface area contributed by atoms with Gasteiger partial charge in [-0.15, -0.1) is 0 Å². The Morgan fingerprint density at radius 1 is 1.11 bits per heavy atom. The molecule has 1 heterocycles. The lowest BCUT2D eigenvalue weighted by Crippen LogP contribution is -2.05. The maximum Gasteiger partial charge on any atom is 0.416 e. The van der Waals surface area contributed by atoms with Gasteiger partial charge in [0.1, 0.15) is 16.7 Å². The van der Waals surface area contributed by atoms with E-state index in [0.717, 1.165) is 6.07 Å². The van der Waals surface area contributed by atoms with E-state index in [1.54, 1.807) is 0 Å². The molecule has 1 aromatic carbocycles. The zero-order chi connectivity index (χ0) is 14.0. The molecule has 0 bridgehead atoms. The summed E-state index contributed by atoms with van der Waals surface area (Å²) in [4.78, 5) is 3.59. The fraction of sp³-hybridized carbons (Fsp3) is 0.0833. The van der Waals surface area contributed by atoms with Crippen LogP contribution in [0, 0.1) is 5.82 Å². The molecule has 0 N–H and O–H groups in total. The lowest BCUT2D eigenvalue weighted by molar-refractivity contribution is -0.137. The molecule has 19 heavy (non-hydrogen) atoms. The number of alkyl halides is 3. The molecule has 0 amide bonds.